The molecular weight excluding hydrogens is 392 g/mol. The highest BCUT2D eigenvalue weighted by Gasteiger charge is 2.14. The molecule has 0 bridgehead atoms. The van der Waals surface area contributed by atoms with Gasteiger partial charge >= 0.3 is 0 Å². The van der Waals surface area contributed by atoms with Gasteiger partial charge < -0.3 is 9.30 Å². The molecule has 0 radical (unpaired) electrons. The van der Waals surface area contributed by atoms with Crippen molar-refractivity contribution in [2.24, 2.45) is 0 Å². The van der Waals surface area contributed by atoms with Gasteiger partial charge in [0.05, 0.1) is 23.3 Å². The number of unbranched alkanes of at least 4 members (excludes halogenated alkanes) is 5. The average molecular weight is 429 g/mol. The zero-order valence-corrected chi connectivity index (χ0v) is 19.6. The summed E-state index contributed by atoms with van der Waals surface area (Å²) in [5.41, 5.74) is 4.99. The van der Waals surface area contributed by atoms with Crippen LogP contribution in [-0.4, -0.2) is 16.2 Å². The number of nitrogens with zero attached hydrogens (tertiary/aromatic N) is 2. The van der Waals surface area contributed by atoms with E-state index in [-0.39, 0.29) is 0 Å². The van der Waals surface area contributed by atoms with Crippen LogP contribution < -0.4 is 4.74 Å². The predicted octanol–water partition coefficient (Wildman–Crippen LogP) is 7.87. The summed E-state index contributed by atoms with van der Waals surface area (Å²) in [5, 5.41) is 2.58. The normalized spacial score (nSPS) is 11.4. The third-order valence-corrected chi connectivity index (χ3v) is 6.38. The highest BCUT2D eigenvalue weighted by Crippen LogP contribution is 2.33. The summed E-state index contributed by atoms with van der Waals surface area (Å²) in [7, 11) is 0. The van der Waals surface area contributed by atoms with Crippen molar-refractivity contribution in [1.29, 1.82) is 0 Å². The first-order valence-electron chi connectivity index (χ1n) is 12.3. The van der Waals surface area contributed by atoms with Gasteiger partial charge in [-0.1, -0.05) is 69.4 Å². The van der Waals surface area contributed by atoms with Gasteiger partial charge in [-0.3, -0.25) is 4.98 Å². The highest BCUT2D eigenvalue weighted by molar-refractivity contribution is 6.09. The van der Waals surface area contributed by atoms with Gasteiger partial charge in [0, 0.05) is 29.6 Å². The van der Waals surface area contributed by atoms with Crippen molar-refractivity contribution in [2.45, 2.75) is 71.8 Å². The molecule has 32 heavy (non-hydrogen) atoms. The summed E-state index contributed by atoms with van der Waals surface area (Å²) >= 11 is 0. The fourth-order valence-electron chi connectivity index (χ4n) is 4.68. The summed E-state index contributed by atoms with van der Waals surface area (Å²) in [6.45, 7) is 6.15. The van der Waals surface area contributed by atoms with Gasteiger partial charge in [0.25, 0.3) is 0 Å². The first kappa shape index (κ1) is 22.4. The van der Waals surface area contributed by atoms with E-state index in [0.29, 0.717) is 0 Å². The van der Waals surface area contributed by atoms with Crippen LogP contribution in [0.5, 0.6) is 5.75 Å². The molecule has 0 fully saturated rings. The Morgan fingerprint density at radius 1 is 0.844 bits per heavy atom. The van der Waals surface area contributed by atoms with Gasteiger partial charge in [0.15, 0.2) is 0 Å². The minimum absolute atomic E-state index is 0.798. The smallest absolute Gasteiger partial charge is 0.121 e. The molecule has 168 valence electrons. The molecule has 0 saturated heterocycles. The van der Waals surface area contributed by atoms with E-state index in [0.717, 1.165) is 43.9 Å². The second-order valence-electron chi connectivity index (χ2n) is 8.83. The molecule has 0 spiro atoms. The number of pyridine rings is 1. The van der Waals surface area contributed by atoms with Gasteiger partial charge in [-0.2, -0.15) is 0 Å². The predicted molar refractivity (Wildman–Crippen MR) is 136 cm³/mol. The van der Waals surface area contributed by atoms with Gasteiger partial charge in [-0.25, -0.2) is 0 Å². The molecule has 4 aromatic rings. The molecule has 0 aliphatic heterocycles. The monoisotopic (exact) mass is 428 g/mol. The quantitative estimate of drug-likeness (QED) is 0.215. The first-order chi connectivity index (χ1) is 15.8. The van der Waals surface area contributed by atoms with E-state index in [1.807, 2.05) is 6.20 Å². The van der Waals surface area contributed by atoms with Crippen LogP contribution in [0, 0.1) is 6.92 Å². The Balaban J connectivity index is 1.50. The van der Waals surface area contributed by atoms with Gasteiger partial charge in [0.2, 0.25) is 0 Å². The van der Waals surface area contributed by atoms with Crippen molar-refractivity contribution in [3.63, 3.8) is 0 Å². The number of ether oxygens (including phenoxy) is 1. The van der Waals surface area contributed by atoms with Crippen molar-refractivity contribution >= 4 is 21.8 Å². The summed E-state index contributed by atoms with van der Waals surface area (Å²) in [6, 6.07) is 19.5. The summed E-state index contributed by atoms with van der Waals surface area (Å²) in [5.74, 6) is 0.976. The van der Waals surface area contributed by atoms with Crippen molar-refractivity contribution in [2.75, 3.05) is 6.61 Å². The van der Waals surface area contributed by atoms with E-state index in [9.17, 15) is 0 Å². The van der Waals surface area contributed by atoms with E-state index < -0.39 is 0 Å². The van der Waals surface area contributed by atoms with Gasteiger partial charge in [-0.05, 0) is 49.9 Å². The zero-order valence-electron chi connectivity index (χ0n) is 19.6. The summed E-state index contributed by atoms with van der Waals surface area (Å²) in [6.07, 6.45) is 11.8. The Morgan fingerprint density at radius 2 is 1.66 bits per heavy atom. The zero-order chi connectivity index (χ0) is 22.2. The van der Waals surface area contributed by atoms with E-state index in [2.05, 4.69) is 78.0 Å². The average Bonchev–Trinajstić information content (AvgIpc) is 3.13. The number of hydrogen-bond donors (Lipinski definition) is 0. The topological polar surface area (TPSA) is 27.1 Å². The Bertz CT molecular complexity index is 1130. The molecule has 0 atom stereocenters. The molecule has 4 rings (SSSR count). The van der Waals surface area contributed by atoms with Crippen LogP contribution in [-0.2, 0) is 13.0 Å². The molecule has 0 unspecified atom stereocenters. The molecule has 2 aromatic carbocycles. The molecular formula is C29H36N2O. The molecule has 0 amide bonds. The maximum Gasteiger partial charge on any atom is 0.121 e. The van der Waals surface area contributed by atoms with E-state index in [1.54, 1.807) is 0 Å². The fourth-order valence-corrected chi connectivity index (χ4v) is 4.68. The SMILES string of the molecule is CCCCCCCCOc1ccc2c3ccnc(C)c3n(CCCc3ccccc3)c2c1. The van der Waals surface area contributed by atoms with Crippen LogP contribution in [0.15, 0.2) is 60.8 Å². The Hall–Kier alpha value is -2.81. The van der Waals surface area contributed by atoms with Crippen LogP contribution in [0.4, 0.5) is 0 Å². The lowest BCUT2D eigenvalue weighted by molar-refractivity contribution is 0.304. The Labute approximate surface area is 192 Å². The molecule has 0 saturated carbocycles. The van der Waals surface area contributed by atoms with Crippen LogP contribution >= 0.6 is 0 Å². The number of hydrogen-bond acceptors (Lipinski definition) is 2. The molecule has 2 aromatic heterocycles. The van der Waals surface area contributed by atoms with Crippen LogP contribution in [0.25, 0.3) is 21.8 Å². The Morgan fingerprint density at radius 3 is 2.50 bits per heavy atom. The number of rotatable bonds is 12. The Kier molecular flexibility index (Phi) is 7.82. The molecule has 3 heteroatoms. The number of fused-ring (bicyclic) bond motifs is 3. The van der Waals surface area contributed by atoms with Crippen molar-refractivity contribution < 1.29 is 4.74 Å². The molecule has 0 aliphatic rings. The molecule has 0 aliphatic carbocycles. The third kappa shape index (κ3) is 5.32. The van der Waals surface area contributed by atoms with Crippen LogP contribution in [0.3, 0.4) is 0 Å². The molecule has 0 N–H and O–H groups in total. The second-order valence-corrected chi connectivity index (χ2v) is 8.83. The maximum atomic E-state index is 6.15. The molecule has 2 heterocycles. The van der Waals surface area contributed by atoms with E-state index >= 15 is 0 Å². The van der Waals surface area contributed by atoms with Gasteiger partial charge in [-0.15, -0.1) is 0 Å². The molecule has 3 nitrogen and oxygen atoms in total. The minimum Gasteiger partial charge on any atom is -0.494 e. The van der Waals surface area contributed by atoms with Crippen molar-refractivity contribution in [3.8, 4) is 5.75 Å². The maximum absolute atomic E-state index is 6.15. The number of aromatic nitrogens is 2. The summed E-state index contributed by atoms with van der Waals surface area (Å²) < 4.78 is 8.60. The largest absolute Gasteiger partial charge is 0.494 e. The first-order valence-corrected chi connectivity index (χ1v) is 12.3. The third-order valence-electron chi connectivity index (χ3n) is 6.38. The van der Waals surface area contributed by atoms with Crippen LogP contribution in [0.2, 0.25) is 0 Å². The number of benzene rings is 2. The highest BCUT2D eigenvalue weighted by atomic mass is 16.5. The summed E-state index contributed by atoms with van der Waals surface area (Å²) in [4.78, 5) is 4.59. The van der Waals surface area contributed by atoms with Crippen LogP contribution in [0.1, 0.15) is 63.1 Å². The van der Waals surface area contributed by atoms with Crippen molar-refractivity contribution in [1.82, 2.24) is 9.55 Å². The lowest BCUT2D eigenvalue weighted by Crippen LogP contribution is -2.02. The fraction of sp³-hybridized carbons (Fsp3) is 0.414. The van der Waals surface area contributed by atoms with Gasteiger partial charge in [0.1, 0.15) is 5.75 Å². The van der Waals surface area contributed by atoms with E-state index in [1.165, 1.54) is 59.5 Å². The lowest BCUT2D eigenvalue weighted by atomic mass is 10.1. The minimum atomic E-state index is 0.798. The second kappa shape index (κ2) is 11.2. The van der Waals surface area contributed by atoms with Crippen molar-refractivity contribution in [3.05, 3.63) is 72.1 Å². The standard InChI is InChI=1S/C29H36N2O/c1-3-4-5-6-7-11-21-32-25-16-17-26-27-18-19-30-23(2)29(27)31(28(26)22-25)20-12-15-24-13-9-8-10-14-24/h8-10,13-14,16-19,22H,3-7,11-12,15,20-21H2,1-2H3. The number of aryl methyl sites for hydroxylation is 3. The van der Waals surface area contributed by atoms with E-state index in [4.69, 9.17) is 4.74 Å². The lowest BCUT2D eigenvalue weighted by Gasteiger charge is -2.10.